The average Bonchev–Trinajstić information content (AvgIpc) is 3.04. The van der Waals surface area contributed by atoms with Crippen molar-refractivity contribution in [2.24, 2.45) is 0 Å². The number of methoxy groups -OCH3 is 2. The van der Waals surface area contributed by atoms with Crippen molar-refractivity contribution < 1.29 is 19.1 Å². The summed E-state index contributed by atoms with van der Waals surface area (Å²) < 4.78 is 11.1. The standard InChI is InChI=1S/C17H14N2O4S/c1-22-11-6-7-13-10(8-11)9-14(24-13)17(21)19-16(20)12-4-3-5-15(18-12)23-2/h3-9H,1-2H3,(H,19,20,21). The number of carbonyl (C=O) groups is 2. The largest absolute Gasteiger partial charge is 0.497 e. The fourth-order valence-electron chi connectivity index (χ4n) is 2.14. The zero-order valence-corrected chi connectivity index (χ0v) is 13.8. The predicted molar refractivity (Wildman–Crippen MR) is 91.0 cm³/mol. The van der Waals surface area contributed by atoms with Gasteiger partial charge < -0.3 is 9.47 Å². The van der Waals surface area contributed by atoms with Gasteiger partial charge in [0, 0.05) is 10.8 Å². The number of benzene rings is 1. The van der Waals surface area contributed by atoms with E-state index in [-0.39, 0.29) is 5.69 Å². The lowest BCUT2D eigenvalue weighted by atomic mass is 10.2. The van der Waals surface area contributed by atoms with Crippen LogP contribution >= 0.6 is 11.3 Å². The zero-order chi connectivity index (χ0) is 17.1. The van der Waals surface area contributed by atoms with Crippen molar-refractivity contribution in [3.63, 3.8) is 0 Å². The van der Waals surface area contributed by atoms with Gasteiger partial charge in [-0.1, -0.05) is 6.07 Å². The molecule has 0 unspecified atom stereocenters. The second kappa shape index (κ2) is 6.67. The molecule has 0 aliphatic rings. The second-order valence-corrected chi connectivity index (χ2v) is 5.95. The number of nitrogens with one attached hydrogen (secondary N) is 1. The third kappa shape index (κ3) is 3.21. The number of aromatic nitrogens is 1. The molecule has 0 atom stereocenters. The van der Waals surface area contributed by atoms with E-state index in [9.17, 15) is 9.59 Å². The molecule has 0 spiro atoms. The molecule has 0 aliphatic carbocycles. The molecule has 24 heavy (non-hydrogen) atoms. The predicted octanol–water partition coefficient (Wildman–Crippen LogP) is 2.88. The highest BCUT2D eigenvalue weighted by molar-refractivity contribution is 7.20. The summed E-state index contributed by atoms with van der Waals surface area (Å²) in [6.45, 7) is 0. The first kappa shape index (κ1) is 15.9. The molecular formula is C17H14N2O4S. The number of rotatable bonds is 4. The van der Waals surface area contributed by atoms with Crippen LogP contribution in [0.3, 0.4) is 0 Å². The number of amides is 2. The first-order valence-electron chi connectivity index (χ1n) is 7.05. The Kier molecular flexibility index (Phi) is 4.43. The van der Waals surface area contributed by atoms with Gasteiger partial charge in [0.1, 0.15) is 11.4 Å². The molecule has 2 aromatic heterocycles. The van der Waals surface area contributed by atoms with E-state index in [4.69, 9.17) is 9.47 Å². The van der Waals surface area contributed by atoms with Gasteiger partial charge in [0.25, 0.3) is 11.8 Å². The fraction of sp³-hybridized carbons (Fsp3) is 0.118. The summed E-state index contributed by atoms with van der Waals surface area (Å²) in [5.74, 6) is -0.0216. The maximum atomic E-state index is 12.3. The summed E-state index contributed by atoms with van der Waals surface area (Å²) in [6.07, 6.45) is 0. The first-order chi connectivity index (χ1) is 11.6. The summed E-state index contributed by atoms with van der Waals surface area (Å²) in [7, 11) is 3.04. The second-order valence-electron chi connectivity index (χ2n) is 4.86. The molecule has 0 saturated heterocycles. The lowest BCUT2D eigenvalue weighted by molar-refractivity contribution is 0.0848. The Labute approximate surface area is 142 Å². The SMILES string of the molecule is COc1ccc2sc(C(=O)NC(=O)c3cccc(OC)n3)cc2c1. The number of fused-ring (bicyclic) bond motifs is 1. The quantitative estimate of drug-likeness (QED) is 0.738. The van der Waals surface area contributed by atoms with Gasteiger partial charge in [-0.25, -0.2) is 4.98 Å². The van der Waals surface area contributed by atoms with Gasteiger partial charge in [0.05, 0.1) is 19.1 Å². The van der Waals surface area contributed by atoms with E-state index in [1.807, 2.05) is 18.2 Å². The van der Waals surface area contributed by atoms with E-state index in [2.05, 4.69) is 10.3 Å². The topological polar surface area (TPSA) is 77.5 Å². The molecule has 6 nitrogen and oxygen atoms in total. The van der Waals surface area contributed by atoms with Crippen molar-refractivity contribution in [1.82, 2.24) is 10.3 Å². The smallest absolute Gasteiger partial charge is 0.276 e. The van der Waals surface area contributed by atoms with Crippen molar-refractivity contribution in [3.8, 4) is 11.6 Å². The Balaban J connectivity index is 1.80. The molecule has 2 amide bonds. The van der Waals surface area contributed by atoms with Crippen LogP contribution in [0.4, 0.5) is 0 Å². The van der Waals surface area contributed by atoms with Crippen LogP contribution in [-0.4, -0.2) is 31.0 Å². The third-order valence-electron chi connectivity index (χ3n) is 3.34. The van der Waals surface area contributed by atoms with Crippen molar-refractivity contribution >= 4 is 33.2 Å². The molecule has 122 valence electrons. The average molecular weight is 342 g/mol. The van der Waals surface area contributed by atoms with Crippen molar-refractivity contribution in [3.05, 3.63) is 53.0 Å². The minimum atomic E-state index is -0.575. The van der Waals surface area contributed by atoms with Gasteiger partial charge in [0.15, 0.2) is 0 Å². The Hall–Kier alpha value is -2.93. The maximum Gasteiger partial charge on any atom is 0.276 e. The Morgan fingerprint density at radius 1 is 1.04 bits per heavy atom. The van der Waals surface area contributed by atoms with Crippen LogP contribution in [0.25, 0.3) is 10.1 Å². The number of pyridine rings is 1. The Morgan fingerprint density at radius 3 is 2.62 bits per heavy atom. The third-order valence-corrected chi connectivity index (χ3v) is 4.45. The highest BCUT2D eigenvalue weighted by atomic mass is 32.1. The van der Waals surface area contributed by atoms with E-state index < -0.39 is 11.8 Å². The maximum absolute atomic E-state index is 12.3. The molecular weight excluding hydrogens is 328 g/mol. The molecule has 1 N–H and O–H groups in total. The highest BCUT2D eigenvalue weighted by Crippen LogP contribution is 2.28. The van der Waals surface area contributed by atoms with E-state index in [1.165, 1.54) is 24.5 Å². The van der Waals surface area contributed by atoms with Gasteiger partial charge >= 0.3 is 0 Å². The molecule has 2 heterocycles. The lowest BCUT2D eigenvalue weighted by Gasteiger charge is -2.03. The molecule has 0 radical (unpaired) electrons. The molecule has 1 aromatic carbocycles. The van der Waals surface area contributed by atoms with Gasteiger partial charge in [0.2, 0.25) is 5.88 Å². The minimum absolute atomic E-state index is 0.116. The van der Waals surface area contributed by atoms with E-state index >= 15 is 0 Å². The van der Waals surface area contributed by atoms with Crippen LogP contribution in [0.5, 0.6) is 11.6 Å². The number of hydrogen-bond acceptors (Lipinski definition) is 6. The number of carbonyl (C=O) groups excluding carboxylic acids is 2. The van der Waals surface area contributed by atoms with Crippen LogP contribution < -0.4 is 14.8 Å². The number of nitrogens with zero attached hydrogens (tertiary/aromatic N) is 1. The van der Waals surface area contributed by atoms with E-state index in [0.717, 1.165) is 10.1 Å². The molecule has 3 rings (SSSR count). The molecule has 0 fully saturated rings. The first-order valence-corrected chi connectivity index (χ1v) is 7.86. The molecule has 0 saturated carbocycles. The summed E-state index contributed by atoms with van der Waals surface area (Å²) in [5, 5.41) is 3.22. The van der Waals surface area contributed by atoms with Gasteiger partial charge in [-0.3, -0.25) is 14.9 Å². The van der Waals surface area contributed by atoms with Crippen molar-refractivity contribution in [2.75, 3.05) is 14.2 Å². The molecule has 7 heteroatoms. The zero-order valence-electron chi connectivity index (χ0n) is 13.0. The van der Waals surface area contributed by atoms with Gasteiger partial charge in [-0.15, -0.1) is 11.3 Å². The molecule has 0 bridgehead atoms. The lowest BCUT2D eigenvalue weighted by Crippen LogP contribution is -2.30. The number of ether oxygens (including phenoxy) is 2. The minimum Gasteiger partial charge on any atom is -0.497 e. The van der Waals surface area contributed by atoms with Crippen molar-refractivity contribution in [1.29, 1.82) is 0 Å². The molecule has 3 aromatic rings. The van der Waals surface area contributed by atoms with Gasteiger partial charge in [-0.2, -0.15) is 0 Å². The summed E-state index contributed by atoms with van der Waals surface area (Å²) in [5.41, 5.74) is 0.116. The Bertz CT molecular complexity index is 920. The van der Waals surface area contributed by atoms with Crippen LogP contribution in [0, 0.1) is 0 Å². The number of imide groups is 1. The van der Waals surface area contributed by atoms with E-state index in [0.29, 0.717) is 16.5 Å². The van der Waals surface area contributed by atoms with E-state index in [1.54, 1.807) is 25.3 Å². The number of hydrogen-bond donors (Lipinski definition) is 1. The van der Waals surface area contributed by atoms with Crippen LogP contribution in [-0.2, 0) is 0 Å². The highest BCUT2D eigenvalue weighted by Gasteiger charge is 2.16. The summed E-state index contributed by atoms with van der Waals surface area (Å²) >= 11 is 1.30. The van der Waals surface area contributed by atoms with Gasteiger partial charge in [-0.05, 0) is 35.7 Å². The molecule has 0 aliphatic heterocycles. The number of thiophene rings is 1. The van der Waals surface area contributed by atoms with Crippen LogP contribution in [0.15, 0.2) is 42.5 Å². The fourth-order valence-corrected chi connectivity index (χ4v) is 3.08. The summed E-state index contributed by atoms with van der Waals surface area (Å²) in [4.78, 5) is 28.9. The van der Waals surface area contributed by atoms with Crippen molar-refractivity contribution in [2.45, 2.75) is 0 Å². The monoisotopic (exact) mass is 342 g/mol. The Morgan fingerprint density at radius 2 is 1.88 bits per heavy atom. The van der Waals surface area contributed by atoms with Crippen LogP contribution in [0.2, 0.25) is 0 Å². The van der Waals surface area contributed by atoms with Crippen LogP contribution in [0.1, 0.15) is 20.2 Å². The normalized spacial score (nSPS) is 10.4. The summed E-state index contributed by atoms with van der Waals surface area (Å²) in [6, 6.07) is 12.0.